The second-order valence-electron chi connectivity index (χ2n) is 6.76. The van der Waals surface area contributed by atoms with Gasteiger partial charge in [-0.2, -0.15) is 0 Å². The second kappa shape index (κ2) is 6.05. The Morgan fingerprint density at radius 1 is 1.39 bits per heavy atom. The molecular formula is C15H30N2O. The number of nitrogens with zero attached hydrogens (tertiary/aromatic N) is 1. The minimum absolute atomic E-state index is 0.119. The number of hydrogen-bond acceptors (Lipinski definition) is 2. The summed E-state index contributed by atoms with van der Waals surface area (Å²) in [5, 5.41) is 0. The van der Waals surface area contributed by atoms with Crippen LogP contribution in [0.2, 0.25) is 0 Å². The lowest BCUT2D eigenvalue weighted by atomic mass is 9.75. The Balaban J connectivity index is 2.55. The summed E-state index contributed by atoms with van der Waals surface area (Å²) in [4.78, 5) is 14.2. The monoisotopic (exact) mass is 254 g/mol. The maximum Gasteiger partial charge on any atom is 0.239 e. The van der Waals surface area contributed by atoms with Crippen LogP contribution >= 0.6 is 0 Å². The van der Waals surface area contributed by atoms with Gasteiger partial charge in [0.25, 0.3) is 0 Å². The third-order valence-electron chi connectivity index (χ3n) is 4.75. The SMILES string of the molecule is CCC(C)[C@H](N)C(=O)N(C)C1CCC(C)(C)CC1. The predicted molar refractivity (Wildman–Crippen MR) is 76.2 cm³/mol. The molecule has 3 heteroatoms. The highest BCUT2D eigenvalue weighted by Crippen LogP contribution is 2.36. The molecule has 0 spiro atoms. The molecule has 0 radical (unpaired) electrons. The molecule has 1 rings (SSSR count). The molecule has 1 aliphatic carbocycles. The maximum atomic E-state index is 12.3. The van der Waals surface area contributed by atoms with Crippen molar-refractivity contribution in [2.45, 2.75) is 71.9 Å². The van der Waals surface area contributed by atoms with Crippen LogP contribution in [-0.4, -0.2) is 29.9 Å². The standard InChI is InChI=1S/C15H30N2O/c1-6-11(2)13(16)14(18)17(5)12-7-9-15(3,4)10-8-12/h11-13H,6-10,16H2,1-5H3/t11?,13-/m0/s1. The Bertz CT molecular complexity index is 278. The molecule has 0 aromatic rings. The number of likely N-dealkylation sites (N-methyl/N-ethyl adjacent to an activating group) is 1. The van der Waals surface area contributed by atoms with E-state index in [4.69, 9.17) is 5.73 Å². The average Bonchev–Trinajstić information content (AvgIpc) is 2.35. The largest absolute Gasteiger partial charge is 0.341 e. The minimum atomic E-state index is -0.338. The summed E-state index contributed by atoms with van der Waals surface area (Å²) >= 11 is 0. The van der Waals surface area contributed by atoms with Crippen molar-refractivity contribution in [1.82, 2.24) is 4.90 Å². The number of carbonyl (C=O) groups excluding carboxylic acids is 1. The van der Waals surface area contributed by atoms with Gasteiger partial charge in [-0.05, 0) is 37.0 Å². The van der Waals surface area contributed by atoms with Crippen LogP contribution in [0.25, 0.3) is 0 Å². The van der Waals surface area contributed by atoms with Crippen LogP contribution in [-0.2, 0) is 4.79 Å². The summed E-state index contributed by atoms with van der Waals surface area (Å²) in [5.74, 6) is 0.383. The molecule has 0 aromatic heterocycles. The van der Waals surface area contributed by atoms with Gasteiger partial charge in [0.2, 0.25) is 5.91 Å². The first kappa shape index (κ1) is 15.5. The molecule has 0 aliphatic heterocycles. The van der Waals surface area contributed by atoms with Gasteiger partial charge in [-0.3, -0.25) is 4.79 Å². The molecule has 1 unspecified atom stereocenters. The fraction of sp³-hybridized carbons (Fsp3) is 0.933. The zero-order valence-electron chi connectivity index (χ0n) is 12.7. The van der Waals surface area contributed by atoms with Gasteiger partial charge >= 0.3 is 0 Å². The van der Waals surface area contributed by atoms with Crippen LogP contribution in [0.5, 0.6) is 0 Å². The lowest BCUT2D eigenvalue weighted by Crippen LogP contribution is -2.50. The zero-order valence-corrected chi connectivity index (χ0v) is 12.7. The van der Waals surface area contributed by atoms with E-state index in [9.17, 15) is 4.79 Å². The number of amides is 1. The van der Waals surface area contributed by atoms with Crippen molar-refractivity contribution in [3.05, 3.63) is 0 Å². The van der Waals surface area contributed by atoms with Gasteiger partial charge in [0, 0.05) is 13.1 Å². The van der Waals surface area contributed by atoms with E-state index in [2.05, 4.69) is 27.7 Å². The summed E-state index contributed by atoms with van der Waals surface area (Å²) < 4.78 is 0. The van der Waals surface area contributed by atoms with Gasteiger partial charge in [-0.15, -0.1) is 0 Å². The fourth-order valence-corrected chi connectivity index (χ4v) is 2.68. The van der Waals surface area contributed by atoms with E-state index in [1.165, 1.54) is 12.8 Å². The van der Waals surface area contributed by atoms with Crippen molar-refractivity contribution in [2.24, 2.45) is 17.1 Å². The van der Waals surface area contributed by atoms with Gasteiger partial charge in [-0.1, -0.05) is 34.1 Å². The number of rotatable bonds is 4. The minimum Gasteiger partial charge on any atom is -0.341 e. The summed E-state index contributed by atoms with van der Waals surface area (Å²) in [6.07, 6.45) is 5.59. The fourth-order valence-electron chi connectivity index (χ4n) is 2.68. The third-order valence-corrected chi connectivity index (χ3v) is 4.75. The molecule has 18 heavy (non-hydrogen) atoms. The molecular weight excluding hydrogens is 224 g/mol. The molecule has 1 fully saturated rings. The lowest BCUT2D eigenvalue weighted by molar-refractivity contribution is -0.135. The smallest absolute Gasteiger partial charge is 0.239 e. The van der Waals surface area contributed by atoms with E-state index in [0.29, 0.717) is 11.5 Å². The Kier molecular flexibility index (Phi) is 5.20. The van der Waals surface area contributed by atoms with Crippen LogP contribution in [0, 0.1) is 11.3 Å². The van der Waals surface area contributed by atoms with Gasteiger partial charge in [0.1, 0.15) is 0 Å². The van der Waals surface area contributed by atoms with E-state index in [1.54, 1.807) is 0 Å². The van der Waals surface area contributed by atoms with E-state index in [1.807, 2.05) is 11.9 Å². The van der Waals surface area contributed by atoms with Crippen molar-refractivity contribution in [1.29, 1.82) is 0 Å². The van der Waals surface area contributed by atoms with Crippen LogP contribution in [0.1, 0.15) is 59.8 Å². The Morgan fingerprint density at radius 2 is 1.89 bits per heavy atom. The summed E-state index contributed by atoms with van der Waals surface area (Å²) in [7, 11) is 1.92. The van der Waals surface area contributed by atoms with E-state index >= 15 is 0 Å². The van der Waals surface area contributed by atoms with Gasteiger partial charge in [0.15, 0.2) is 0 Å². The number of carbonyl (C=O) groups is 1. The molecule has 2 N–H and O–H groups in total. The van der Waals surface area contributed by atoms with Crippen LogP contribution in [0.3, 0.4) is 0 Å². The molecule has 2 atom stereocenters. The van der Waals surface area contributed by atoms with Crippen molar-refractivity contribution in [3.63, 3.8) is 0 Å². The molecule has 3 nitrogen and oxygen atoms in total. The van der Waals surface area contributed by atoms with E-state index in [0.717, 1.165) is 19.3 Å². The van der Waals surface area contributed by atoms with Crippen molar-refractivity contribution in [3.8, 4) is 0 Å². The predicted octanol–water partition coefficient (Wildman–Crippen LogP) is 2.79. The number of hydrogen-bond donors (Lipinski definition) is 1. The van der Waals surface area contributed by atoms with Crippen LogP contribution < -0.4 is 5.73 Å². The quantitative estimate of drug-likeness (QED) is 0.838. The van der Waals surface area contributed by atoms with Gasteiger partial charge in [-0.25, -0.2) is 0 Å². The normalized spacial score (nSPS) is 23.4. The molecule has 1 saturated carbocycles. The highest BCUT2D eigenvalue weighted by atomic mass is 16.2. The zero-order chi connectivity index (χ0) is 13.9. The first-order chi connectivity index (χ1) is 8.28. The molecule has 0 bridgehead atoms. The Morgan fingerprint density at radius 3 is 2.33 bits per heavy atom. The topological polar surface area (TPSA) is 46.3 Å². The molecule has 0 aromatic carbocycles. The molecule has 1 amide bonds. The van der Waals surface area contributed by atoms with Crippen LogP contribution in [0.15, 0.2) is 0 Å². The summed E-state index contributed by atoms with van der Waals surface area (Å²) in [6, 6.07) is 0.0515. The van der Waals surface area contributed by atoms with Crippen molar-refractivity contribution < 1.29 is 4.79 Å². The summed E-state index contributed by atoms with van der Waals surface area (Å²) in [5.41, 5.74) is 6.48. The first-order valence-electron chi connectivity index (χ1n) is 7.30. The lowest BCUT2D eigenvalue weighted by Gasteiger charge is -2.39. The first-order valence-corrected chi connectivity index (χ1v) is 7.30. The highest BCUT2D eigenvalue weighted by Gasteiger charge is 2.32. The molecule has 0 heterocycles. The van der Waals surface area contributed by atoms with Gasteiger partial charge < -0.3 is 10.6 Å². The molecule has 1 aliphatic rings. The summed E-state index contributed by atoms with van der Waals surface area (Å²) in [6.45, 7) is 8.77. The molecule has 0 saturated heterocycles. The second-order valence-corrected chi connectivity index (χ2v) is 6.76. The Hall–Kier alpha value is -0.570. The van der Waals surface area contributed by atoms with Crippen molar-refractivity contribution in [2.75, 3.05) is 7.05 Å². The van der Waals surface area contributed by atoms with Gasteiger partial charge in [0.05, 0.1) is 6.04 Å². The maximum absolute atomic E-state index is 12.3. The van der Waals surface area contributed by atoms with E-state index < -0.39 is 0 Å². The van der Waals surface area contributed by atoms with E-state index in [-0.39, 0.29) is 17.9 Å². The highest BCUT2D eigenvalue weighted by molar-refractivity contribution is 5.82. The van der Waals surface area contributed by atoms with Crippen LogP contribution in [0.4, 0.5) is 0 Å². The molecule has 106 valence electrons. The third kappa shape index (κ3) is 3.71. The Labute approximate surface area is 112 Å². The van der Waals surface area contributed by atoms with Crippen molar-refractivity contribution >= 4 is 5.91 Å². The number of nitrogens with two attached hydrogens (primary N) is 1. The average molecular weight is 254 g/mol.